The maximum atomic E-state index is 12.1. The summed E-state index contributed by atoms with van der Waals surface area (Å²) in [6, 6.07) is 8.63. The molecule has 0 aliphatic rings. The number of hydrogen-bond donors (Lipinski definition) is 1. The maximum absolute atomic E-state index is 12.1. The first kappa shape index (κ1) is 16.2. The first-order valence-electron chi connectivity index (χ1n) is 6.09. The first-order valence-corrected chi connectivity index (χ1v) is 7.81. The number of para-hydroxylation sites is 1. The lowest BCUT2D eigenvalue weighted by Gasteiger charge is -2.21. The molecule has 0 fully saturated rings. The molecule has 0 heterocycles. The SMILES string of the molecule is CCN(C(=O)CS(=O)(=O)C(C)C(=O)O)c1ccccc1. The minimum atomic E-state index is -4.01. The van der Waals surface area contributed by atoms with E-state index in [0.717, 1.165) is 6.92 Å². The van der Waals surface area contributed by atoms with Crippen LogP contribution in [0.1, 0.15) is 13.8 Å². The van der Waals surface area contributed by atoms with E-state index < -0.39 is 32.7 Å². The number of carbonyl (C=O) groups is 2. The molecule has 1 amide bonds. The number of hydrogen-bond acceptors (Lipinski definition) is 4. The molecule has 1 atom stereocenters. The van der Waals surface area contributed by atoms with Crippen molar-refractivity contribution in [2.75, 3.05) is 17.2 Å². The van der Waals surface area contributed by atoms with Crippen molar-refractivity contribution in [2.24, 2.45) is 0 Å². The van der Waals surface area contributed by atoms with Gasteiger partial charge in [0, 0.05) is 12.2 Å². The quantitative estimate of drug-likeness (QED) is 0.843. The average molecular weight is 299 g/mol. The van der Waals surface area contributed by atoms with Crippen molar-refractivity contribution >= 4 is 27.4 Å². The fraction of sp³-hybridized carbons (Fsp3) is 0.385. The Labute approximate surface area is 117 Å². The van der Waals surface area contributed by atoms with E-state index in [4.69, 9.17) is 5.11 Å². The van der Waals surface area contributed by atoms with Crippen molar-refractivity contribution in [2.45, 2.75) is 19.1 Å². The topological polar surface area (TPSA) is 91.8 Å². The van der Waals surface area contributed by atoms with E-state index in [1.54, 1.807) is 37.3 Å². The maximum Gasteiger partial charge on any atom is 0.321 e. The van der Waals surface area contributed by atoms with Crippen LogP contribution in [0, 0.1) is 0 Å². The lowest BCUT2D eigenvalue weighted by molar-refractivity contribution is -0.136. The molecule has 6 nitrogen and oxygen atoms in total. The molecule has 0 saturated heterocycles. The van der Waals surface area contributed by atoms with E-state index in [1.165, 1.54) is 4.90 Å². The van der Waals surface area contributed by atoms with Gasteiger partial charge in [0.1, 0.15) is 5.75 Å². The summed E-state index contributed by atoms with van der Waals surface area (Å²) in [5, 5.41) is 7.14. The zero-order valence-corrected chi connectivity index (χ0v) is 12.1. The molecule has 0 saturated carbocycles. The fourth-order valence-corrected chi connectivity index (χ4v) is 2.70. The molecule has 7 heteroatoms. The van der Waals surface area contributed by atoms with Gasteiger partial charge in [-0.15, -0.1) is 0 Å². The number of nitrogens with zero attached hydrogens (tertiary/aromatic N) is 1. The van der Waals surface area contributed by atoms with Crippen LogP contribution in [0.25, 0.3) is 0 Å². The summed E-state index contributed by atoms with van der Waals surface area (Å²) in [7, 11) is -4.01. The average Bonchev–Trinajstić information content (AvgIpc) is 2.39. The van der Waals surface area contributed by atoms with Crippen LogP contribution >= 0.6 is 0 Å². The van der Waals surface area contributed by atoms with Gasteiger partial charge in [-0.25, -0.2) is 8.42 Å². The Kier molecular flexibility index (Phi) is 5.26. The normalized spacial score (nSPS) is 12.7. The molecule has 0 spiro atoms. The van der Waals surface area contributed by atoms with Gasteiger partial charge in [-0.1, -0.05) is 18.2 Å². The third-order valence-corrected chi connectivity index (χ3v) is 4.82. The van der Waals surface area contributed by atoms with Crippen molar-refractivity contribution < 1.29 is 23.1 Å². The number of aliphatic carboxylic acids is 1. The van der Waals surface area contributed by atoms with Crippen LogP contribution in [0.15, 0.2) is 30.3 Å². The first-order chi connectivity index (χ1) is 9.29. The van der Waals surface area contributed by atoms with Crippen LogP contribution < -0.4 is 4.90 Å². The number of anilines is 1. The van der Waals surface area contributed by atoms with Gasteiger partial charge >= 0.3 is 5.97 Å². The smallest absolute Gasteiger partial charge is 0.321 e. The minimum absolute atomic E-state index is 0.305. The van der Waals surface area contributed by atoms with Crippen LogP contribution in [0.5, 0.6) is 0 Å². The number of rotatable bonds is 6. The van der Waals surface area contributed by atoms with Gasteiger partial charge in [0.05, 0.1) is 0 Å². The molecule has 1 N–H and O–H groups in total. The summed E-state index contributed by atoms with van der Waals surface area (Å²) in [6.07, 6.45) is 0. The van der Waals surface area contributed by atoms with E-state index in [0.29, 0.717) is 12.2 Å². The second-order valence-corrected chi connectivity index (χ2v) is 6.58. The third kappa shape index (κ3) is 3.80. The van der Waals surface area contributed by atoms with E-state index in [2.05, 4.69) is 0 Å². The van der Waals surface area contributed by atoms with Gasteiger partial charge in [0.2, 0.25) is 5.91 Å². The standard InChI is InChI=1S/C13H17NO5S/c1-3-14(11-7-5-4-6-8-11)12(15)9-20(18,19)10(2)13(16)17/h4-8,10H,3,9H2,1-2H3,(H,16,17). The molecule has 110 valence electrons. The lowest BCUT2D eigenvalue weighted by Crippen LogP contribution is -2.39. The molecule has 1 aromatic rings. The highest BCUT2D eigenvalue weighted by atomic mass is 32.2. The van der Waals surface area contributed by atoms with E-state index in [9.17, 15) is 18.0 Å². The zero-order valence-electron chi connectivity index (χ0n) is 11.3. The molecule has 0 aliphatic carbocycles. The second-order valence-electron chi connectivity index (χ2n) is 4.26. The predicted octanol–water partition coefficient (Wildman–Crippen LogP) is 0.927. The van der Waals surface area contributed by atoms with Gasteiger partial charge in [-0.3, -0.25) is 9.59 Å². The summed E-state index contributed by atoms with van der Waals surface area (Å²) in [5.74, 6) is -2.91. The molecule has 0 bridgehead atoms. The third-order valence-electron chi connectivity index (χ3n) is 2.90. The molecule has 0 radical (unpaired) electrons. The van der Waals surface area contributed by atoms with E-state index in [1.807, 2.05) is 0 Å². The van der Waals surface area contributed by atoms with Crippen molar-refractivity contribution in [1.82, 2.24) is 0 Å². The molecular weight excluding hydrogens is 282 g/mol. The number of benzene rings is 1. The highest BCUT2D eigenvalue weighted by molar-refractivity contribution is 7.93. The Morgan fingerprint density at radius 3 is 2.25 bits per heavy atom. The van der Waals surface area contributed by atoms with Gasteiger partial charge in [-0.05, 0) is 26.0 Å². The fourth-order valence-electron chi connectivity index (χ4n) is 1.64. The summed E-state index contributed by atoms with van der Waals surface area (Å²) in [6.45, 7) is 3.09. The van der Waals surface area contributed by atoms with Crippen molar-refractivity contribution in [3.8, 4) is 0 Å². The van der Waals surface area contributed by atoms with Crippen LogP contribution in [0.4, 0.5) is 5.69 Å². The molecular formula is C13H17NO5S. The van der Waals surface area contributed by atoms with Crippen LogP contribution in [-0.2, 0) is 19.4 Å². The predicted molar refractivity (Wildman–Crippen MR) is 75.4 cm³/mol. The summed E-state index contributed by atoms with van der Waals surface area (Å²) < 4.78 is 23.6. The van der Waals surface area contributed by atoms with Gasteiger partial charge < -0.3 is 10.0 Å². The highest BCUT2D eigenvalue weighted by Crippen LogP contribution is 2.14. The van der Waals surface area contributed by atoms with Crippen LogP contribution in [-0.4, -0.2) is 42.9 Å². The molecule has 20 heavy (non-hydrogen) atoms. The summed E-state index contributed by atoms with van der Waals surface area (Å²) in [4.78, 5) is 24.1. The molecule has 1 aromatic carbocycles. The van der Waals surface area contributed by atoms with Crippen LogP contribution in [0.3, 0.4) is 0 Å². The number of carbonyl (C=O) groups excluding carboxylic acids is 1. The van der Waals surface area contributed by atoms with Crippen LogP contribution in [0.2, 0.25) is 0 Å². The summed E-state index contributed by atoms with van der Waals surface area (Å²) in [5.41, 5.74) is 0.582. The second kappa shape index (κ2) is 6.51. The summed E-state index contributed by atoms with van der Waals surface area (Å²) >= 11 is 0. The molecule has 1 unspecified atom stereocenters. The Bertz CT molecular complexity index is 582. The number of amides is 1. The van der Waals surface area contributed by atoms with Gasteiger partial charge in [0.15, 0.2) is 15.1 Å². The van der Waals surface area contributed by atoms with Gasteiger partial charge in [0.25, 0.3) is 0 Å². The van der Waals surface area contributed by atoms with E-state index in [-0.39, 0.29) is 0 Å². The zero-order chi connectivity index (χ0) is 15.3. The van der Waals surface area contributed by atoms with Gasteiger partial charge in [-0.2, -0.15) is 0 Å². The number of carboxylic acid groups (broad SMARTS) is 1. The molecule has 1 rings (SSSR count). The monoisotopic (exact) mass is 299 g/mol. The van der Waals surface area contributed by atoms with Crippen molar-refractivity contribution in [3.63, 3.8) is 0 Å². The van der Waals surface area contributed by atoms with E-state index >= 15 is 0 Å². The molecule has 0 aromatic heterocycles. The minimum Gasteiger partial charge on any atom is -0.480 e. The number of sulfone groups is 1. The Balaban J connectivity index is 2.92. The van der Waals surface area contributed by atoms with Crippen molar-refractivity contribution in [1.29, 1.82) is 0 Å². The highest BCUT2D eigenvalue weighted by Gasteiger charge is 2.31. The lowest BCUT2D eigenvalue weighted by atomic mass is 10.3. The van der Waals surface area contributed by atoms with Crippen molar-refractivity contribution in [3.05, 3.63) is 30.3 Å². The molecule has 0 aliphatic heterocycles. The Morgan fingerprint density at radius 1 is 1.25 bits per heavy atom. The Morgan fingerprint density at radius 2 is 1.80 bits per heavy atom. The number of carboxylic acids is 1. The Hall–Kier alpha value is -1.89. The largest absolute Gasteiger partial charge is 0.480 e.